The Labute approximate surface area is 110 Å². The molecule has 2 heterocycles. The molecule has 0 saturated heterocycles. The van der Waals surface area contributed by atoms with E-state index in [-0.39, 0.29) is 0 Å². The smallest absolute Gasteiger partial charge is 0.139 e. The number of aromatic nitrogens is 2. The average molecular weight is 254 g/mol. The second kappa shape index (κ2) is 4.61. The van der Waals surface area contributed by atoms with E-state index in [1.807, 2.05) is 36.2 Å². The zero-order chi connectivity index (χ0) is 13.2. The molecule has 0 unspecified atom stereocenters. The second-order valence-corrected chi connectivity index (χ2v) is 4.46. The van der Waals surface area contributed by atoms with E-state index in [1.54, 1.807) is 18.9 Å². The van der Waals surface area contributed by atoms with Crippen LogP contribution in [0.5, 0.6) is 0 Å². The Morgan fingerprint density at radius 1 is 1.26 bits per heavy atom. The van der Waals surface area contributed by atoms with Gasteiger partial charge in [-0.3, -0.25) is 0 Å². The largest absolute Gasteiger partial charge is 0.472 e. The molecule has 0 bridgehead atoms. The quantitative estimate of drug-likeness (QED) is 0.727. The first kappa shape index (κ1) is 11.5. The molecule has 1 aromatic carbocycles. The lowest BCUT2D eigenvalue weighted by atomic mass is 10.2. The first-order valence-corrected chi connectivity index (χ1v) is 5.96. The van der Waals surface area contributed by atoms with Crippen LogP contribution < -0.4 is 10.6 Å². The van der Waals surface area contributed by atoms with Gasteiger partial charge in [-0.15, -0.1) is 0 Å². The Hall–Kier alpha value is -2.56. The number of nitrogen functional groups attached to an aromatic ring is 1. The van der Waals surface area contributed by atoms with Crippen molar-refractivity contribution in [3.05, 3.63) is 48.7 Å². The SMILES string of the molecule is CN(Cc1ccoc1)c1ncnc2ccc(N)cc12. The molecule has 0 amide bonds. The third kappa shape index (κ3) is 2.22. The number of hydrogen-bond acceptors (Lipinski definition) is 5. The summed E-state index contributed by atoms with van der Waals surface area (Å²) in [6.45, 7) is 0.720. The number of anilines is 2. The molecule has 3 aromatic rings. The van der Waals surface area contributed by atoms with Crippen LogP contribution >= 0.6 is 0 Å². The van der Waals surface area contributed by atoms with E-state index in [4.69, 9.17) is 10.2 Å². The molecule has 19 heavy (non-hydrogen) atoms. The first-order valence-electron chi connectivity index (χ1n) is 5.96. The standard InChI is InChI=1S/C14H14N4O/c1-18(7-10-4-5-19-8-10)14-12-6-11(15)2-3-13(12)16-9-17-14/h2-6,8-9H,7,15H2,1H3. The number of furan rings is 1. The molecular weight excluding hydrogens is 240 g/mol. The van der Waals surface area contributed by atoms with Gasteiger partial charge in [0.15, 0.2) is 0 Å². The Kier molecular flexibility index (Phi) is 2.79. The van der Waals surface area contributed by atoms with Crippen molar-refractivity contribution < 1.29 is 4.42 Å². The summed E-state index contributed by atoms with van der Waals surface area (Å²) in [7, 11) is 1.98. The fourth-order valence-corrected chi connectivity index (χ4v) is 2.10. The third-order valence-electron chi connectivity index (χ3n) is 3.00. The molecule has 96 valence electrons. The van der Waals surface area contributed by atoms with Crippen molar-refractivity contribution in [2.45, 2.75) is 6.54 Å². The molecule has 2 N–H and O–H groups in total. The molecule has 0 aliphatic rings. The molecule has 0 saturated carbocycles. The van der Waals surface area contributed by atoms with Gasteiger partial charge in [0, 0.05) is 30.2 Å². The Bertz CT molecular complexity index is 694. The molecule has 5 nitrogen and oxygen atoms in total. The molecule has 0 radical (unpaired) electrons. The van der Waals surface area contributed by atoms with Gasteiger partial charge >= 0.3 is 0 Å². The molecule has 3 rings (SSSR count). The van der Waals surface area contributed by atoms with E-state index in [9.17, 15) is 0 Å². The van der Waals surface area contributed by atoms with Crippen LogP contribution in [-0.4, -0.2) is 17.0 Å². The molecule has 0 aliphatic carbocycles. The van der Waals surface area contributed by atoms with Gasteiger partial charge in [-0.25, -0.2) is 9.97 Å². The van der Waals surface area contributed by atoms with E-state index in [0.29, 0.717) is 5.69 Å². The van der Waals surface area contributed by atoms with Crippen LogP contribution in [0.4, 0.5) is 11.5 Å². The number of fused-ring (bicyclic) bond motifs is 1. The number of rotatable bonds is 3. The van der Waals surface area contributed by atoms with Crippen LogP contribution in [0.25, 0.3) is 10.9 Å². The fourth-order valence-electron chi connectivity index (χ4n) is 2.10. The lowest BCUT2D eigenvalue weighted by molar-refractivity contribution is 0.563. The van der Waals surface area contributed by atoms with Crippen molar-refractivity contribution in [3.63, 3.8) is 0 Å². The van der Waals surface area contributed by atoms with Crippen LogP contribution in [-0.2, 0) is 6.54 Å². The van der Waals surface area contributed by atoms with Gasteiger partial charge in [0.1, 0.15) is 12.1 Å². The summed E-state index contributed by atoms with van der Waals surface area (Å²) in [5.74, 6) is 0.860. The molecule has 0 atom stereocenters. The van der Waals surface area contributed by atoms with E-state index in [0.717, 1.165) is 28.8 Å². The number of nitrogens with two attached hydrogens (primary N) is 1. The predicted octanol–water partition coefficient (Wildman–Crippen LogP) is 2.44. The van der Waals surface area contributed by atoms with Crippen LogP contribution in [0, 0.1) is 0 Å². The molecule has 5 heteroatoms. The summed E-state index contributed by atoms with van der Waals surface area (Å²) in [4.78, 5) is 10.7. The molecule has 2 aromatic heterocycles. The monoisotopic (exact) mass is 254 g/mol. The van der Waals surface area contributed by atoms with Crippen LogP contribution in [0.3, 0.4) is 0 Å². The minimum Gasteiger partial charge on any atom is -0.472 e. The van der Waals surface area contributed by atoms with Crippen molar-refractivity contribution in [3.8, 4) is 0 Å². The zero-order valence-electron chi connectivity index (χ0n) is 10.6. The molecule has 0 fully saturated rings. The van der Waals surface area contributed by atoms with E-state index >= 15 is 0 Å². The van der Waals surface area contributed by atoms with Crippen molar-refractivity contribution in [1.82, 2.24) is 9.97 Å². The van der Waals surface area contributed by atoms with Crippen molar-refractivity contribution in [1.29, 1.82) is 0 Å². The fraction of sp³-hybridized carbons (Fsp3) is 0.143. The zero-order valence-corrected chi connectivity index (χ0v) is 10.6. The van der Waals surface area contributed by atoms with Gasteiger partial charge in [-0.05, 0) is 24.3 Å². The van der Waals surface area contributed by atoms with Crippen LogP contribution in [0.15, 0.2) is 47.5 Å². The van der Waals surface area contributed by atoms with E-state index < -0.39 is 0 Å². The Balaban J connectivity index is 2.01. The summed E-state index contributed by atoms with van der Waals surface area (Å²) in [6, 6.07) is 7.58. The number of nitrogens with zero attached hydrogens (tertiary/aromatic N) is 3. The van der Waals surface area contributed by atoms with Crippen molar-refractivity contribution in [2.75, 3.05) is 17.7 Å². The van der Waals surface area contributed by atoms with Crippen LogP contribution in [0.2, 0.25) is 0 Å². The lowest BCUT2D eigenvalue weighted by Gasteiger charge is -2.18. The highest BCUT2D eigenvalue weighted by atomic mass is 16.3. The number of hydrogen-bond donors (Lipinski definition) is 1. The summed E-state index contributed by atoms with van der Waals surface area (Å²) >= 11 is 0. The Morgan fingerprint density at radius 3 is 2.95 bits per heavy atom. The van der Waals surface area contributed by atoms with Gasteiger partial charge < -0.3 is 15.1 Å². The normalized spacial score (nSPS) is 10.8. The van der Waals surface area contributed by atoms with Gasteiger partial charge in [-0.2, -0.15) is 0 Å². The highest BCUT2D eigenvalue weighted by Gasteiger charge is 2.09. The third-order valence-corrected chi connectivity index (χ3v) is 3.00. The van der Waals surface area contributed by atoms with Gasteiger partial charge in [0.05, 0.1) is 18.0 Å². The highest BCUT2D eigenvalue weighted by molar-refractivity contribution is 5.91. The second-order valence-electron chi connectivity index (χ2n) is 4.46. The van der Waals surface area contributed by atoms with E-state index in [1.165, 1.54) is 0 Å². The average Bonchev–Trinajstić information content (AvgIpc) is 2.90. The Morgan fingerprint density at radius 2 is 2.16 bits per heavy atom. The van der Waals surface area contributed by atoms with E-state index in [2.05, 4.69) is 9.97 Å². The topological polar surface area (TPSA) is 68.2 Å². The highest BCUT2D eigenvalue weighted by Crippen LogP contribution is 2.25. The van der Waals surface area contributed by atoms with Gasteiger partial charge in [0.2, 0.25) is 0 Å². The summed E-state index contributed by atoms with van der Waals surface area (Å²) in [6.07, 6.45) is 4.97. The number of benzene rings is 1. The summed E-state index contributed by atoms with van der Waals surface area (Å²) in [5.41, 5.74) is 8.53. The maximum atomic E-state index is 5.84. The summed E-state index contributed by atoms with van der Waals surface area (Å²) in [5, 5.41) is 0.952. The minimum absolute atomic E-state index is 0.709. The predicted molar refractivity (Wildman–Crippen MR) is 74.8 cm³/mol. The minimum atomic E-state index is 0.709. The molecule has 0 aliphatic heterocycles. The summed E-state index contributed by atoms with van der Waals surface area (Å²) < 4.78 is 5.08. The van der Waals surface area contributed by atoms with Crippen molar-refractivity contribution >= 4 is 22.4 Å². The lowest BCUT2D eigenvalue weighted by Crippen LogP contribution is -2.17. The first-order chi connectivity index (χ1) is 9.24. The maximum absolute atomic E-state index is 5.84. The van der Waals surface area contributed by atoms with Gasteiger partial charge in [0.25, 0.3) is 0 Å². The molecular formula is C14H14N4O. The van der Waals surface area contributed by atoms with Gasteiger partial charge in [-0.1, -0.05) is 0 Å². The maximum Gasteiger partial charge on any atom is 0.139 e. The van der Waals surface area contributed by atoms with Crippen LogP contribution in [0.1, 0.15) is 5.56 Å². The van der Waals surface area contributed by atoms with Crippen molar-refractivity contribution in [2.24, 2.45) is 0 Å². The molecule has 0 spiro atoms.